The number of anilines is 1. The molecule has 1 aliphatic heterocycles. The number of nitrogens with one attached hydrogen (secondary N) is 2. The van der Waals surface area contributed by atoms with E-state index in [1.807, 2.05) is 36.2 Å². The lowest BCUT2D eigenvalue weighted by molar-refractivity contribution is 0.124. The molecule has 5 heterocycles. The van der Waals surface area contributed by atoms with E-state index in [4.69, 9.17) is 16.3 Å². The van der Waals surface area contributed by atoms with Crippen LogP contribution >= 0.6 is 11.6 Å². The number of rotatable bonds is 7. The Morgan fingerprint density at radius 3 is 2.85 bits per heavy atom. The molecule has 6 rings (SSSR count). The van der Waals surface area contributed by atoms with Crippen molar-refractivity contribution in [3.05, 3.63) is 65.8 Å². The molecule has 2 atom stereocenters. The number of β-amino-alcohol motifs (C(OH)–C–C–N with tert-alkyl or cyclic N) is 1. The Hall–Kier alpha value is -3.78. The average Bonchev–Trinajstić information content (AvgIpc) is 3.51. The van der Waals surface area contributed by atoms with E-state index in [1.165, 1.54) is 12.1 Å². The maximum absolute atomic E-state index is 14.2. The van der Waals surface area contributed by atoms with Crippen molar-refractivity contribution < 1.29 is 22.7 Å². The lowest BCUT2D eigenvalue weighted by Crippen LogP contribution is -2.54. The number of aliphatic hydroxyl groups is 1. The molecule has 1 aliphatic rings. The number of fused-ring (bicyclic) bond motifs is 3. The highest BCUT2D eigenvalue weighted by atomic mass is 35.5. The third kappa shape index (κ3) is 4.74. The molecule has 0 saturated carbocycles. The summed E-state index contributed by atoms with van der Waals surface area (Å²) in [6, 6.07) is 8.55. The predicted molar refractivity (Wildman–Crippen MR) is 148 cm³/mol. The maximum Gasteiger partial charge on any atom is 0.245 e. The second kappa shape index (κ2) is 10.3. The van der Waals surface area contributed by atoms with E-state index in [0.29, 0.717) is 30.4 Å². The molecule has 3 N–H and O–H groups in total. The fourth-order valence-electron chi connectivity index (χ4n) is 5.01. The number of aromatic nitrogens is 5. The van der Waals surface area contributed by atoms with Gasteiger partial charge in [0.15, 0.2) is 5.65 Å². The Labute approximate surface area is 233 Å². The first-order chi connectivity index (χ1) is 19.2. The van der Waals surface area contributed by atoms with Crippen molar-refractivity contribution in [2.75, 3.05) is 24.6 Å². The second-order valence-corrected chi connectivity index (χ2v) is 11.5. The highest BCUT2D eigenvalue weighted by molar-refractivity contribution is 7.89. The number of H-pyrrole nitrogens is 1. The van der Waals surface area contributed by atoms with E-state index < -0.39 is 32.9 Å². The third-order valence-electron chi connectivity index (χ3n) is 6.87. The number of halogens is 2. The largest absolute Gasteiger partial charge is 0.492 e. The number of pyridine rings is 2. The monoisotopic (exact) mass is 585 g/mol. The summed E-state index contributed by atoms with van der Waals surface area (Å²) in [5, 5.41) is 23.0. The van der Waals surface area contributed by atoms with Crippen LogP contribution in [0.3, 0.4) is 0 Å². The zero-order chi connectivity index (χ0) is 28.0. The number of piperidine rings is 1. The smallest absolute Gasteiger partial charge is 0.245 e. The molecule has 4 aromatic heterocycles. The van der Waals surface area contributed by atoms with Crippen LogP contribution < -0.4 is 14.4 Å². The number of hydrogen-bond donors (Lipinski definition) is 3. The van der Waals surface area contributed by atoms with E-state index in [1.54, 1.807) is 16.9 Å². The van der Waals surface area contributed by atoms with Gasteiger partial charge < -0.3 is 14.7 Å². The van der Waals surface area contributed by atoms with E-state index in [2.05, 4.69) is 25.0 Å². The van der Waals surface area contributed by atoms with Crippen LogP contribution in [0.5, 0.6) is 5.75 Å². The van der Waals surface area contributed by atoms with Gasteiger partial charge in [0, 0.05) is 30.4 Å². The zero-order valence-electron chi connectivity index (χ0n) is 21.3. The van der Waals surface area contributed by atoms with Crippen LogP contribution in [0.2, 0.25) is 5.02 Å². The Morgan fingerprint density at radius 2 is 2.12 bits per heavy atom. The van der Waals surface area contributed by atoms with Crippen LogP contribution in [0.1, 0.15) is 13.3 Å². The zero-order valence-corrected chi connectivity index (χ0v) is 22.8. The number of aliphatic hydroxyl groups excluding tert-OH is 1. The minimum atomic E-state index is -4.28. The molecule has 0 aliphatic carbocycles. The Morgan fingerprint density at radius 1 is 1.27 bits per heavy atom. The molecule has 0 bridgehead atoms. The summed E-state index contributed by atoms with van der Waals surface area (Å²) in [6.07, 6.45) is 4.50. The average molecular weight is 586 g/mol. The predicted octanol–water partition coefficient (Wildman–Crippen LogP) is 3.38. The molecule has 0 unspecified atom stereocenters. The second-order valence-electron chi connectivity index (χ2n) is 9.43. The molecule has 0 radical (unpaired) electrons. The quantitative estimate of drug-likeness (QED) is 0.264. The number of sulfonamides is 1. The summed E-state index contributed by atoms with van der Waals surface area (Å²) < 4.78 is 49.8. The Bertz CT molecular complexity index is 1790. The first-order valence-electron chi connectivity index (χ1n) is 12.6. The first-order valence-corrected chi connectivity index (χ1v) is 14.5. The molecule has 14 heteroatoms. The van der Waals surface area contributed by atoms with Crippen LogP contribution in [0, 0.1) is 5.82 Å². The standard InChI is InChI=1S/C26H25ClFN7O4S/c1-2-39-16-10-17(24-18-12-30-31-26(18)32-35(24)13-16)15-6-7-23(29-11-15)34-9-8-21(22(36)14-34)33-40(37,38)25-19(27)4-3-5-20(25)28/h3-7,10-13,21-22,33,36H,2,8-9,14H2,1H3,(H,31,32)/t21-,22-/m0/s1. The van der Waals surface area contributed by atoms with Gasteiger partial charge in [0.05, 0.1) is 47.1 Å². The van der Waals surface area contributed by atoms with E-state index in [0.717, 1.165) is 28.1 Å². The van der Waals surface area contributed by atoms with Gasteiger partial charge in [-0.1, -0.05) is 17.7 Å². The first kappa shape index (κ1) is 26.4. The molecular formula is C26H25ClFN7O4S. The van der Waals surface area contributed by atoms with E-state index >= 15 is 0 Å². The fourth-order valence-corrected chi connectivity index (χ4v) is 6.92. The van der Waals surface area contributed by atoms with Crippen LogP contribution in [-0.2, 0) is 10.0 Å². The lowest BCUT2D eigenvalue weighted by Gasteiger charge is -2.36. The normalized spacial score (nSPS) is 18.1. The minimum Gasteiger partial charge on any atom is -0.492 e. The summed E-state index contributed by atoms with van der Waals surface area (Å²) in [4.78, 5) is 5.88. The van der Waals surface area contributed by atoms with Gasteiger partial charge in [-0.25, -0.2) is 27.0 Å². The van der Waals surface area contributed by atoms with Crippen LogP contribution in [0.4, 0.5) is 10.2 Å². The van der Waals surface area contributed by atoms with Gasteiger partial charge in [-0.05, 0) is 43.7 Å². The molecule has 11 nitrogen and oxygen atoms in total. The van der Waals surface area contributed by atoms with Gasteiger partial charge in [-0.15, -0.1) is 5.10 Å². The molecular weight excluding hydrogens is 561 g/mol. The van der Waals surface area contributed by atoms with Gasteiger partial charge in [0.2, 0.25) is 10.0 Å². The lowest BCUT2D eigenvalue weighted by atomic mass is 10.0. The molecule has 1 fully saturated rings. The van der Waals surface area contributed by atoms with Crippen molar-refractivity contribution in [1.29, 1.82) is 0 Å². The van der Waals surface area contributed by atoms with E-state index in [9.17, 15) is 17.9 Å². The molecule has 208 valence electrons. The molecule has 0 spiro atoms. The van der Waals surface area contributed by atoms with Crippen LogP contribution in [0.15, 0.2) is 59.9 Å². The van der Waals surface area contributed by atoms with Gasteiger partial charge in [-0.2, -0.15) is 5.10 Å². The highest BCUT2D eigenvalue weighted by Gasteiger charge is 2.34. The maximum atomic E-state index is 14.2. The summed E-state index contributed by atoms with van der Waals surface area (Å²) in [5.41, 5.74) is 3.22. The van der Waals surface area contributed by atoms with Crippen LogP contribution in [0.25, 0.3) is 27.7 Å². The summed E-state index contributed by atoms with van der Waals surface area (Å²) in [5.74, 6) is 0.335. The van der Waals surface area contributed by atoms with Gasteiger partial charge in [-0.3, -0.25) is 5.10 Å². The molecule has 5 aromatic rings. The van der Waals surface area contributed by atoms with Gasteiger partial charge in [0.1, 0.15) is 22.3 Å². The number of ether oxygens (including phenoxy) is 1. The van der Waals surface area contributed by atoms with Crippen LogP contribution in [-0.4, -0.2) is 70.2 Å². The third-order valence-corrected chi connectivity index (χ3v) is 8.86. The Kier molecular flexibility index (Phi) is 6.82. The summed E-state index contributed by atoms with van der Waals surface area (Å²) >= 11 is 5.95. The minimum absolute atomic E-state index is 0.132. The summed E-state index contributed by atoms with van der Waals surface area (Å²) in [7, 11) is -4.28. The Balaban J connectivity index is 1.22. The van der Waals surface area contributed by atoms with Crippen molar-refractivity contribution in [3.8, 4) is 16.9 Å². The molecule has 40 heavy (non-hydrogen) atoms. The highest BCUT2D eigenvalue weighted by Crippen LogP contribution is 2.34. The number of hydrogen-bond acceptors (Lipinski definition) is 8. The number of aromatic amines is 1. The molecule has 1 aromatic carbocycles. The van der Waals surface area contributed by atoms with Gasteiger partial charge >= 0.3 is 0 Å². The van der Waals surface area contributed by atoms with Crippen molar-refractivity contribution in [1.82, 2.24) is 29.5 Å². The van der Waals surface area contributed by atoms with Crippen molar-refractivity contribution in [2.45, 2.75) is 30.4 Å². The van der Waals surface area contributed by atoms with E-state index in [-0.39, 0.29) is 18.0 Å². The number of benzene rings is 1. The molecule has 1 saturated heterocycles. The number of nitrogens with zero attached hydrogens (tertiary/aromatic N) is 5. The topological polar surface area (TPSA) is 138 Å². The van der Waals surface area contributed by atoms with Crippen molar-refractivity contribution in [2.24, 2.45) is 0 Å². The SMILES string of the molecule is CCOc1cc(-c2ccc(N3CC[C@H](NS(=O)(=O)c4c(F)cccc4Cl)[C@@H](O)C3)nc2)c2c3cn[nH]c3nn2c1. The van der Waals surface area contributed by atoms with Gasteiger partial charge in [0.25, 0.3) is 0 Å². The molecule has 0 amide bonds. The van der Waals surface area contributed by atoms with Crippen molar-refractivity contribution >= 4 is 44.0 Å². The fraction of sp³-hybridized carbons (Fsp3) is 0.269. The van der Waals surface area contributed by atoms with Crippen molar-refractivity contribution in [3.63, 3.8) is 0 Å². The summed E-state index contributed by atoms with van der Waals surface area (Å²) in [6.45, 7) is 2.97.